The van der Waals surface area contributed by atoms with Gasteiger partial charge in [-0.05, 0) is 65.8 Å². The number of anilines is 1. The van der Waals surface area contributed by atoms with E-state index in [1.54, 1.807) is 24.0 Å². The van der Waals surface area contributed by atoms with Crippen molar-refractivity contribution < 1.29 is 14.7 Å². The number of hydrogen-bond acceptors (Lipinski definition) is 5. The van der Waals surface area contributed by atoms with Gasteiger partial charge in [0.15, 0.2) is 0 Å². The van der Waals surface area contributed by atoms with Crippen LogP contribution in [0.4, 0.5) is 5.82 Å². The van der Waals surface area contributed by atoms with E-state index >= 15 is 0 Å². The Bertz CT molecular complexity index is 1050. The molecule has 7 heteroatoms. The Hall–Kier alpha value is -3.32. The lowest BCUT2D eigenvalue weighted by Gasteiger charge is -2.20. The van der Waals surface area contributed by atoms with Crippen LogP contribution in [0.15, 0.2) is 72.0 Å². The van der Waals surface area contributed by atoms with Crippen molar-refractivity contribution in [3.63, 3.8) is 0 Å². The summed E-state index contributed by atoms with van der Waals surface area (Å²) in [6.45, 7) is 0. The third kappa shape index (κ3) is 5.86. The predicted molar refractivity (Wildman–Crippen MR) is 126 cm³/mol. The first-order chi connectivity index (χ1) is 15.0. The lowest BCUT2D eigenvalue weighted by Crippen LogP contribution is -2.42. The molecule has 160 valence electrons. The van der Waals surface area contributed by atoms with Crippen LogP contribution in [-0.2, 0) is 9.59 Å². The molecule has 0 bridgehead atoms. The predicted octanol–water partition coefficient (Wildman–Crippen LogP) is 3.78. The number of benzene rings is 1. The lowest BCUT2D eigenvalue weighted by molar-refractivity contribution is -0.141. The van der Waals surface area contributed by atoms with Gasteiger partial charge in [-0.25, -0.2) is 9.78 Å². The Morgan fingerprint density at radius 2 is 2.00 bits per heavy atom. The zero-order valence-corrected chi connectivity index (χ0v) is 18.1. The fourth-order valence-corrected chi connectivity index (χ4v) is 3.81. The highest BCUT2D eigenvalue weighted by molar-refractivity contribution is 7.98. The largest absolute Gasteiger partial charge is 0.480 e. The smallest absolute Gasteiger partial charge is 0.326 e. The summed E-state index contributed by atoms with van der Waals surface area (Å²) in [6, 6.07) is 12.4. The van der Waals surface area contributed by atoms with Gasteiger partial charge in [-0.1, -0.05) is 36.4 Å². The second-order valence-electron chi connectivity index (χ2n) is 7.11. The molecule has 2 aromatic rings. The molecule has 1 aliphatic rings. The molecule has 0 saturated heterocycles. The van der Waals surface area contributed by atoms with Gasteiger partial charge < -0.3 is 16.2 Å². The zero-order chi connectivity index (χ0) is 22.2. The number of carboxylic acids is 1. The van der Waals surface area contributed by atoms with Gasteiger partial charge in [-0.15, -0.1) is 0 Å². The van der Waals surface area contributed by atoms with Crippen LogP contribution < -0.4 is 11.1 Å². The van der Waals surface area contributed by atoms with E-state index < -0.39 is 12.0 Å². The Balaban J connectivity index is 1.93. The van der Waals surface area contributed by atoms with Gasteiger partial charge in [0, 0.05) is 17.3 Å². The van der Waals surface area contributed by atoms with E-state index in [1.807, 2.05) is 60.9 Å². The normalized spacial score (nSPS) is 15.7. The van der Waals surface area contributed by atoms with E-state index in [2.05, 4.69) is 10.3 Å². The summed E-state index contributed by atoms with van der Waals surface area (Å²) in [5.74, 6) is -0.326. The second-order valence-corrected chi connectivity index (χ2v) is 8.10. The number of aromatic nitrogens is 1. The molecule has 1 heterocycles. The number of aliphatic carboxylic acids is 1. The number of carbonyl (C=O) groups excluding carboxylic acids is 1. The van der Waals surface area contributed by atoms with E-state index in [9.17, 15) is 14.7 Å². The number of thioether (sulfide) groups is 1. The lowest BCUT2D eigenvalue weighted by atomic mass is 9.87. The highest BCUT2D eigenvalue weighted by atomic mass is 32.2. The number of rotatable bonds is 8. The number of nitrogen functional groups attached to an aromatic ring is 1. The zero-order valence-electron chi connectivity index (χ0n) is 17.2. The van der Waals surface area contributed by atoms with Crippen LogP contribution in [0, 0.1) is 0 Å². The number of carboxylic acid groups (broad SMARTS) is 1. The maximum absolute atomic E-state index is 13.0. The highest BCUT2D eigenvalue weighted by Crippen LogP contribution is 2.33. The maximum atomic E-state index is 13.0. The molecule has 1 aliphatic carbocycles. The molecule has 6 nitrogen and oxygen atoms in total. The summed E-state index contributed by atoms with van der Waals surface area (Å²) in [7, 11) is 0. The van der Waals surface area contributed by atoms with Crippen LogP contribution in [0.1, 0.15) is 24.0 Å². The SMILES string of the molecule is CSCC[C@H](NC(=O)C1=C(c2ccccc2)CC(=Cc2cccnc2N)C=C1)C(=O)O. The molecule has 1 aromatic carbocycles. The maximum Gasteiger partial charge on any atom is 0.326 e. The molecule has 0 spiro atoms. The summed E-state index contributed by atoms with van der Waals surface area (Å²) in [4.78, 5) is 28.7. The minimum Gasteiger partial charge on any atom is -0.480 e. The topological polar surface area (TPSA) is 105 Å². The van der Waals surface area contributed by atoms with Crippen molar-refractivity contribution in [3.05, 3.63) is 83.1 Å². The molecule has 1 amide bonds. The molecule has 1 aromatic heterocycles. The molecule has 31 heavy (non-hydrogen) atoms. The Kier molecular flexibility index (Phi) is 7.67. The Morgan fingerprint density at radius 1 is 1.23 bits per heavy atom. The van der Waals surface area contributed by atoms with Gasteiger partial charge in [0.1, 0.15) is 11.9 Å². The summed E-state index contributed by atoms with van der Waals surface area (Å²) < 4.78 is 0. The first-order valence-corrected chi connectivity index (χ1v) is 11.3. The molecule has 4 N–H and O–H groups in total. The number of allylic oxidation sites excluding steroid dienone is 3. The number of nitrogens with one attached hydrogen (secondary N) is 1. The van der Waals surface area contributed by atoms with E-state index in [-0.39, 0.29) is 5.91 Å². The minimum atomic E-state index is -1.03. The van der Waals surface area contributed by atoms with Gasteiger partial charge in [0.05, 0.1) is 0 Å². The van der Waals surface area contributed by atoms with Crippen LogP contribution in [0.3, 0.4) is 0 Å². The van der Waals surface area contributed by atoms with Crippen LogP contribution in [0.2, 0.25) is 0 Å². The Morgan fingerprint density at radius 3 is 2.68 bits per heavy atom. The standard InChI is InChI=1S/C24H25N3O3S/c1-31-13-11-21(24(29)30)27-23(28)19-10-9-16(14-18-8-5-12-26-22(18)25)15-20(19)17-6-3-2-4-7-17/h2-10,12,14,21H,11,13,15H2,1H3,(H2,25,26)(H,27,28)(H,29,30)/t21-/m0/s1. The monoisotopic (exact) mass is 435 g/mol. The molecular formula is C24H25N3O3S. The average molecular weight is 436 g/mol. The molecule has 0 unspecified atom stereocenters. The highest BCUT2D eigenvalue weighted by Gasteiger charge is 2.24. The fourth-order valence-electron chi connectivity index (χ4n) is 3.34. The molecule has 0 fully saturated rings. The summed E-state index contributed by atoms with van der Waals surface area (Å²) >= 11 is 1.55. The van der Waals surface area contributed by atoms with Gasteiger partial charge in [0.2, 0.25) is 0 Å². The van der Waals surface area contributed by atoms with E-state index in [0.29, 0.717) is 30.0 Å². The number of hydrogen-bond donors (Lipinski definition) is 3. The number of amides is 1. The first kappa shape index (κ1) is 22.4. The summed E-state index contributed by atoms with van der Waals surface area (Å²) in [6.07, 6.45) is 9.99. The number of pyridine rings is 1. The molecule has 0 aliphatic heterocycles. The first-order valence-electron chi connectivity index (χ1n) is 9.90. The van der Waals surface area contributed by atoms with Gasteiger partial charge >= 0.3 is 5.97 Å². The van der Waals surface area contributed by atoms with Crippen LogP contribution in [0.5, 0.6) is 0 Å². The van der Waals surface area contributed by atoms with Crippen LogP contribution in [0.25, 0.3) is 11.6 Å². The summed E-state index contributed by atoms with van der Waals surface area (Å²) in [5.41, 5.74) is 9.98. The van der Waals surface area contributed by atoms with E-state index in [0.717, 1.165) is 22.3 Å². The van der Waals surface area contributed by atoms with Crippen molar-refractivity contribution in [1.29, 1.82) is 0 Å². The second kappa shape index (κ2) is 10.6. The average Bonchev–Trinajstić information content (AvgIpc) is 2.78. The minimum absolute atomic E-state index is 0.366. The number of nitrogens with zero attached hydrogens (tertiary/aromatic N) is 1. The molecule has 1 atom stereocenters. The van der Waals surface area contributed by atoms with Crippen molar-refractivity contribution >= 4 is 41.1 Å². The van der Waals surface area contributed by atoms with Gasteiger partial charge in [0.25, 0.3) is 5.91 Å². The quantitative estimate of drug-likeness (QED) is 0.583. The molecule has 0 saturated carbocycles. The Labute approximate surface area is 186 Å². The third-order valence-corrected chi connectivity index (χ3v) is 5.61. The molecular weight excluding hydrogens is 410 g/mol. The fraction of sp³-hybridized carbons (Fsp3) is 0.208. The van der Waals surface area contributed by atoms with Crippen molar-refractivity contribution in [1.82, 2.24) is 10.3 Å². The van der Waals surface area contributed by atoms with Crippen molar-refractivity contribution in [2.75, 3.05) is 17.7 Å². The van der Waals surface area contributed by atoms with Gasteiger partial charge in [-0.2, -0.15) is 11.8 Å². The van der Waals surface area contributed by atoms with Gasteiger partial charge in [-0.3, -0.25) is 4.79 Å². The van der Waals surface area contributed by atoms with E-state index in [4.69, 9.17) is 5.73 Å². The van der Waals surface area contributed by atoms with Crippen molar-refractivity contribution in [2.24, 2.45) is 0 Å². The third-order valence-electron chi connectivity index (χ3n) is 4.96. The van der Waals surface area contributed by atoms with Crippen molar-refractivity contribution in [3.8, 4) is 0 Å². The molecule has 0 radical (unpaired) electrons. The number of carbonyl (C=O) groups is 2. The molecule has 3 rings (SSSR count). The van der Waals surface area contributed by atoms with E-state index in [1.165, 1.54) is 0 Å². The van der Waals surface area contributed by atoms with Crippen LogP contribution in [-0.4, -0.2) is 40.0 Å². The van der Waals surface area contributed by atoms with Crippen LogP contribution >= 0.6 is 11.8 Å². The number of nitrogens with two attached hydrogens (primary N) is 1. The summed E-state index contributed by atoms with van der Waals surface area (Å²) in [5, 5.41) is 12.2. The van der Waals surface area contributed by atoms with Crippen molar-refractivity contribution in [2.45, 2.75) is 18.9 Å².